The van der Waals surface area contributed by atoms with Crippen LogP contribution in [0.2, 0.25) is 0 Å². The molecule has 0 fully saturated rings. The molecule has 10 nitrogen and oxygen atoms in total. The molecular formula is C23H23N7O3. The number of nitrogens with zero attached hydrogens (tertiary/aromatic N) is 6. The summed E-state index contributed by atoms with van der Waals surface area (Å²) in [4.78, 5) is 36.7. The SMILES string of the molecule is Cc1cc(C)n(-c2ccc(=O)n(CC(=O)NCCn3nc(-c4ccccc4)ccc3=O)n2)n1. The van der Waals surface area contributed by atoms with E-state index in [9.17, 15) is 14.4 Å². The Labute approximate surface area is 189 Å². The predicted molar refractivity (Wildman–Crippen MR) is 122 cm³/mol. The maximum atomic E-state index is 12.4. The van der Waals surface area contributed by atoms with E-state index >= 15 is 0 Å². The van der Waals surface area contributed by atoms with Crippen LogP contribution in [0.1, 0.15) is 11.4 Å². The zero-order valence-electron chi connectivity index (χ0n) is 18.3. The number of hydrogen-bond acceptors (Lipinski definition) is 6. The smallest absolute Gasteiger partial charge is 0.267 e. The number of aryl methyl sites for hydroxylation is 2. The summed E-state index contributed by atoms with van der Waals surface area (Å²) in [6, 6.07) is 17.4. The molecule has 0 aliphatic heterocycles. The minimum Gasteiger partial charge on any atom is -0.353 e. The van der Waals surface area contributed by atoms with Crippen LogP contribution in [0.15, 0.2) is 70.3 Å². The van der Waals surface area contributed by atoms with Gasteiger partial charge in [-0.15, -0.1) is 5.10 Å². The van der Waals surface area contributed by atoms with Gasteiger partial charge in [-0.1, -0.05) is 30.3 Å². The molecule has 1 N–H and O–H groups in total. The molecule has 33 heavy (non-hydrogen) atoms. The molecule has 0 atom stereocenters. The van der Waals surface area contributed by atoms with Gasteiger partial charge in [0.05, 0.1) is 17.9 Å². The quantitative estimate of drug-likeness (QED) is 0.455. The fourth-order valence-corrected chi connectivity index (χ4v) is 3.39. The fraction of sp³-hybridized carbons (Fsp3) is 0.217. The van der Waals surface area contributed by atoms with Crippen molar-refractivity contribution in [1.82, 2.24) is 34.7 Å². The lowest BCUT2D eigenvalue weighted by atomic mass is 10.1. The van der Waals surface area contributed by atoms with E-state index in [4.69, 9.17) is 0 Å². The summed E-state index contributed by atoms with van der Waals surface area (Å²) < 4.78 is 4.00. The van der Waals surface area contributed by atoms with Crippen LogP contribution in [-0.4, -0.2) is 41.8 Å². The van der Waals surface area contributed by atoms with Crippen LogP contribution in [-0.2, 0) is 17.9 Å². The van der Waals surface area contributed by atoms with Crippen molar-refractivity contribution in [3.05, 3.63) is 92.8 Å². The average molecular weight is 445 g/mol. The van der Waals surface area contributed by atoms with E-state index in [1.165, 1.54) is 16.8 Å². The Hall–Kier alpha value is -4.34. The van der Waals surface area contributed by atoms with Gasteiger partial charge in [0.1, 0.15) is 6.54 Å². The summed E-state index contributed by atoms with van der Waals surface area (Å²) in [5, 5.41) is 15.7. The molecule has 0 aliphatic rings. The van der Waals surface area contributed by atoms with Crippen LogP contribution < -0.4 is 16.4 Å². The van der Waals surface area contributed by atoms with Crippen molar-refractivity contribution in [2.75, 3.05) is 6.54 Å². The molecule has 1 amide bonds. The van der Waals surface area contributed by atoms with E-state index in [-0.39, 0.29) is 25.2 Å². The number of nitrogens with one attached hydrogen (secondary N) is 1. The lowest BCUT2D eigenvalue weighted by molar-refractivity contribution is -0.121. The Balaban J connectivity index is 1.41. The van der Waals surface area contributed by atoms with Gasteiger partial charge in [0.2, 0.25) is 5.91 Å². The first-order valence-electron chi connectivity index (χ1n) is 10.4. The summed E-state index contributed by atoms with van der Waals surface area (Å²) in [5.74, 6) is 0.0452. The molecule has 0 radical (unpaired) electrons. The maximum absolute atomic E-state index is 12.4. The van der Waals surface area contributed by atoms with Gasteiger partial charge in [0.25, 0.3) is 11.1 Å². The van der Waals surface area contributed by atoms with Crippen LogP contribution in [0.4, 0.5) is 0 Å². The Bertz CT molecular complexity index is 1400. The molecule has 0 saturated heterocycles. The van der Waals surface area contributed by atoms with E-state index in [1.807, 2.05) is 50.2 Å². The third-order valence-electron chi connectivity index (χ3n) is 4.95. The van der Waals surface area contributed by atoms with E-state index in [0.29, 0.717) is 11.5 Å². The minimum absolute atomic E-state index is 0.176. The summed E-state index contributed by atoms with van der Waals surface area (Å²) in [5.41, 5.74) is 2.58. The normalized spacial score (nSPS) is 10.8. The van der Waals surface area contributed by atoms with Gasteiger partial charge in [-0.05, 0) is 32.0 Å². The minimum atomic E-state index is -0.401. The van der Waals surface area contributed by atoms with Gasteiger partial charge in [-0.3, -0.25) is 14.4 Å². The topological polar surface area (TPSA) is 117 Å². The summed E-state index contributed by atoms with van der Waals surface area (Å²) in [6.07, 6.45) is 0. The van der Waals surface area contributed by atoms with Gasteiger partial charge in [-0.2, -0.15) is 10.2 Å². The van der Waals surface area contributed by atoms with E-state index in [1.54, 1.807) is 16.8 Å². The van der Waals surface area contributed by atoms with Crippen molar-refractivity contribution in [3.63, 3.8) is 0 Å². The highest BCUT2D eigenvalue weighted by molar-refractivity contribution is 5.75. The Morgan fingerprint density at radius 2 is 1.61 bits per heavy atom. The Morgan fingerprint density at radius 3 is 2.33 bits per heavy atom. The second-order valence-corrected chi connectivity index (χ2v) is 7.52. The number of carbonyl (C=O) groups is 1. The second kappa shape index (κ2) is 9.43. The molecule has 3 aromatic heterocycles. The number of benzene rings is 1. The van der Waals surface area contributed by atoms with Crippen molar-refractivity contribution in [3.8, 4) is 17.1 Å². The predicted octanol–water partition coefficient (Wildman–Crippen LogP) is 1.09. The number of carbonyl (C=O) groups excluding carboxylic acids is 1. The molecule has 0 bridgehead atoms. The first kappa shape index (κ1) is 21.9. The summed E-state index contributed by atoms with van der Waals surface area (Å²) >= 11 is 0. The maximum Gasteiger partial charge on any atom is 0.267 e. The molecular weight excluding hydrogens is 422 g/mol. The number of amides is 1. The molecule has 0 saturated carbocycles. The highest BCUT2D eigenvalue weighted by Gasteiger charge is 2.10. The van der Waals surface area contributed by atoms with Crippen molar-refractivity contribution in [1.29, 1.82) is 0 Å². The average Bonchev–Trinajstić information content (AvgIpc) is 3.15. The van der Waals surface area contributed by atoms with E-state index in [2.05, 4.69) is 20.6 Å². The summed E-state index contributed by atoms with van der Waals surface area (Å²) in [6.45, 7) is 3.86. The molecule has 1 aromatic carbocycles. The largest absolute Gasteiger partial charge is 0.353 e. The monoisotopic (exact) mass is 445 g/mol. The first-order chi connectivity index (χ1) is 15.9. The van der Waals surface area contributed by atoms with Crippen LogP contribution in [0, 0.1) is 13.8 Å². The second-order valence-electron chi connectivity index (χ2n) is 7.52. The molecule has 4 rings (SSSR count). The van der Waals surface area contributed by atoms with Crippen LogP contribution in [0.5, 0.6) is 0 Å². The first-order valence-corrected chi connectivity index (χ1v) is 10.4. The van der Waals surface area contributed by atoms with Gasteiger partial charge >= 0.3 is 0 Å². The van der Waals surface area contributed by atoms with Gasteiger partial charge in [0, 0.05) is 29.9 Å². The van der Waals surface area contributed by atoms with Crippen molar-refractivity contribution in [2.24, 2.45) is 0 Å². The Kier molecular flexibility index (Phi) is 6.25. The lowest BCUT2D eigenvalue weighted by Gasteiger charge is -2.10. The van der Waals surface area contributed by atoms with Gasteiger partial charge in [0.15, 0.2) is 5.82 Å². The molecule has 3 heterocycles. The van der Waals surface area contributed by atoms with Crippen molar-refractivity contribution in [2.45, 2.75) is 26.9 Å². The van der Waals surface area contributed by atoms with E-state index < -0.39 is 11.5 Å². The van der Waals surface area contributed by atoms with Gasteiger partial charge in [-0.25, -0.2) is 14.0 Å². The zero-order chi connectivity index (χ0) is 23.4. The fourth-order valence-electron chi connectivity index (χ4n) is 3.39. The molecule has 4 aromatic rings. The van der Waals surface area contributed by atoms with Crippen molar-refractivity contribution < 1.29 is 4.79 Å². The Morgan fingerprint density at radius 1 is 0.879 bits per heavy atom. The standard InChI is InChI=1S/C23H23N7O3/c1-16-14-17(2)30(25-16)20-9-11-23(33)29(27-20)15-21(31)24-12-13-28-22(32)10-8-19(26-28)18-6-4-3-5-7-18/h3-11,14H,12-13,15H2,1-2H3,(H,24,31). The molecule has 0 unspecified atom stereocenters. The molecule has 0 aliphatic carbocycles. The molecule has 10 heteroatoms. The number of rotatable bonds is 7. The number of hydrogen-bond donors (Lipinski definition) is 1. The number of aromatic nitrogens is 6. The van der Waals surface area contributed by atoms with Crippen LogP contribution in [0.3, 0.4) is 0 Å². The van der Waals surface area contributed by atoms with Crippen LogP contribution >= 0.6 is 0 Å². The van der Waals surface area contributed by atoms with Crippen molar-refractivity contribution >= 4 is 5.91 Å². The lowest BCUT2D eigenvalue weighted by Crippen LogP contribution is -2.36. The summed E-state index contributed by atoms with van der Waals surface area (Å²) in [7, 11) is 0. The third kappa shape index (κ3) is 5.12. The molecule has 168 valence electrons. The third-order valence-corrected chi connectivity index (χ3v) is 4.95. The highest BCUT2D eigenvalue weighted by atomic mass is 16.2. The van der Waals surface area contributed by atoms with Gasteiger partial charge < -0.3 is 5.32 Å². The highest BCUT2D eigenvalue weighted by Crippen LogP contribution is 2.13. The zero-order valence-corrected chi connectivity index (χ0v) is 18.3. The molecule has 0 spiro atoms. The van der Waals surface area contributed by atoms with E-state index in [0.717, 1.165) is 21.6 Å². The van der Waals surface area contributed by atoms with Crippen LogP contribution in [0.25, 0.3) is 17.1 Å².